The fourth-order valence-corrected chi connectivity index (χ4v) is 5.49. The van der Waals surface area contributed by atoms with Crippen LogP contribution in [0.3, 0.4) is 0 Å². The molecule has 0 aliphatic carbocycles. The molecule has 1 N–H and O–H groups in total. The fraction of sp³-hybridized carbons (Fsp3) is 0.774. The van der Waals surface area contributed by atoms with E-state index in [1.807, 2.05) is 38.9 Å². The molecule has 1 saturated heterocycles. The van der Waals surface area contributed by atoms with Gasteiger partial charge in [0.1, 0.15) is 18.3 Å². The van der Waals surface area contributed by atoms with Crippen molar-refractivity contribution in [3.63, 3.8) is 0 Å². The van der Waals surface area contributed by atoms with Crippen LogP contribution < -0.4 is 0 Å². The highest BCUT2D eigenvalue weighted by atomic mass is 16.7. The van der Waals surface area contributed by atoms with Gasteiger partial charge >= 0.3 is 11.9 Å². The van der Waals surface area contributed by atoms with Crippen LogP contribution in [0, 0.1) is 11.8 Å². The number of aliphatic hydroxyl groups is 1. The Kier molecular flexibility index (Phi) is 14.6. The Bertz CT molecular complexity index is 904. The molecule has 2 aliphatic heterocycles. The van der Waals surface area contributed by atoms with Crippen molar-refractivity contribution in [3.05, 3.63) is 24.3 Å². The summed E-state index contributed by atoms with van der Waals surface area (Å²) >= 11 is 0. The molecule has 0 unspecified atom stereocenters. The molecule has 0 amide bonds. The van der Waals surface area contributed by atoms with Gasteiger partial charge in [-0.25, -0.2) is 0 Å². The number of esters is 2. The van der Waals surface area contributed by atoms with Gasteiger partial charge in [0.05, 0.1) is 24.7 Å². The Morgan fingerprint density at radius 2 is 1.80 bits per heavy atom. The van der Waals surface area contributed by atoms with Crippen LogP contribution >= 0.6 is 0 Å². The van der Waals surface area contributed by atoms with E-state index in [1.54, 1.807) is 39.0 Å². The zero-order chi connectivity index (χ0) is 30.7. The molecule has 10 heteroatoms. The van der Waals surface area contributed by atoms with Crippen molar-refractivity contribution < 1.29 is 43.2 Å². The standard InChI is InChI=1S/C31H51NO9/c1-9-22-16-19(3)24(33)15-13-11-12-14-20(4)38-27(35)18-25(40-26(34)10-2)31(37-8)30(22)41-28-17-23(32(6)7)29(36)21(5)39-28/h11-13,15,19-23,25,28-31,36H,9-10,14,16-18H2,1-8H3/b12-11+,15-13+/t19-,20+,21-,22+,23-,25+,28-,29+,30-,31-/m0/s1. The van der Waals surface area contributed by atoms with Crippen molar-refractivity contribution in [3.8, 4) is 0 Å². The summed E-state index contributed by atoms with van der Waals surface area (Å²) in [4.78, 5) is 40.5. The Morgan fingerprint density at radius 3 is 2.41 bits per heavy atom. The molecule has 0 spiro atoms. The second kappa shape index (κ2) is 17.1. The molecule has 2 aliphatic rings. The maximum Gasteiger partial charge on any atom is 0.309 e. The Balaban J connectivity index is 2.54. The van der Waals surface area contributed by atoms with Gasteiger partial charge in [-0.2, -0.15) is 0 Å². The predicted molar refractivity (Wildman–Crippen MR) is 154 cm³/mol. The molecule has 0 saturated carbocycles. The number of ether oxygens (including phenoxy) is 5. The number of rotatable bonds is 7. The topological polar surface area (TPSA) is 121 Å². The number of allylic oxidation sites excluding steroid dienone is 3. The molecule has 41 heavy (non-hydrogen) atoms. The second-order valence-electron chi connectivity index (χ2n) is 11.4. The van der Waals surface area contributed by atoms with E-state index in [-0.39, 0.29) is 36.5 Å². The lowest BCUT2D eigenvalue weighted by molar-refractivity contribution is -0.274. The van der Waals surface area contributed by atoms with Crippen LogP contribution in [0.4, 0.5) is 0 Å². The molecule has 1 fully saturated rings. The van der Waals surface area contributed by atoms with E-state index in [9.17, 15) is 19.5 Å². The van der Waals surface area contributed by atoms with Crippen LogP contribution in [-0.2, 0) is 38.1 Å². The van der Waals surface area contributed by atoms with Crippen molar-refractivity contribution in [1.82, 2.24) is 4.90 Å². The van der Waals surface area contributed by atoms with Gasteiger partial charge in [0.2, 0.25) is 0 Å². The third-order valence-electron chi connectivity index (χ3n) is 7.99. The van der Waals surface area contributed by atoms with Crippen molar-refractivity contribution in [1.29, 1.82) is 0 Å². The minimum atomic E-state index is -0.989. The summed E-state index contributed by atoms with van der Waals surface area (Å²) in [6.45, 7) is 9.14. The molecule has 0 aromatic rings. The summed E-state index contributed by atoms with van der Waals surface area (Å²) in [6, 6.07) is -0.208. The van der Waals surface area contributed by atoms with Crippen LogP contribution in [-0.4, -0.2) is 97.9 Å². The number of hydrogen-bond donors (Lipinski definition) is 1. The molecule has 10 atom stereocenters. The number of hydrogen-bond acceptors (Lipinski definition) is 10. The number of aliphatic hydroxyl groups excluding tert-OH is 1. The third kappa shape index (κ3) is 10.6. The average Bonchev–Trinajstić information content (AvgIpc) is 2.91. The molecule has 10 nitrogen and oxygen atoms in total. The molecule has 0 aromatic heterocycles. The number of methoxy groups -OCH3 is 1. The fourth-order valence-electron chi connectivity index (χ4n) is 5.49. The molecular weight excluding hydrogens is 530 g/mol. The highest BCUT2D eigenvalue weighted by Crippen LogP contribution is 2.33. The molecule has 234 valence electrons. The number of ketones is 1. The average molecular weight is 582 g/mol. The van der Waals surface area contributed by atoms with E-state index < -0.39 is 54.9 Å². The minimum absolute atomic E-state index is 0.0142. The Hall–Kier alpha value is -2.11. The zero-order valence-electron chi connectivity index (χ0n) is 26.0. The van der Waals surface area contributed by atoms with Crippen LogP contribution in [0.25, 0.3) is 0 Å². The van der Waals surface area contributed by atoms with Crippen LogP contribution in [0.2, 0.25) is 0 Å². The van der Waals surface area contributed by atoms with E-state index in [0.717, 1.165) is 0 Å². The number of likely N-dealkylation sites (N-methyl/N-ethyl adjacent to an activating group) is 1. The van der Waals surface area contributed by atoms with E-state index in [2.05, 4.69) is 0 Å². The first-order valence-corrected chi connectivity index (χ1v) is 14.9. The summed E-state index contributed by atoms with van der Waals surface area (Å²) in [5, 5.41) is 10.7. The quantitative estimate of drug-likeness (QED) is 0.447. The summed E-state index contributed by atoms with van der Waals surface area (Å²) < 4.78 is 30.1. The summed E-state index contributed by atoms with van der Waals surface area (Å²) in [6.07, 6.45) is 3.89. The van der Waals surface area contributed by atoms with Crippen LogP contribution in [0.15, 0.2) is 24.3 Å². The first-order chi connectivity index (χ1) is 19.4. The van der Waals surface area contributed by atoms with Gasteiger partial charge < -0.3 is 33.7 Å². The zero-order valence-corrected chi connectivity index (χ0v) is 26.0. The van der Waals surface area contributed by atoms with Crippen LogP contribution in [0.1, 0.15) is 73.1 Å². The smallest absolute Gasteiger partial charge is 0.309 e. The normalized spacial score (nSPS) is 37.8. The summed E-state index contributed by atoms with van der Waals surface area (Å²) in [5.41, 5.74) is 0. The summed E-state index contributed by atoms with van der Waals surface area (Å²) in [5.74, 6) is -1.53. The molecule has 2 heterocycles. The molecule has 0 aromatic carbocycles. The Labute approximate surface area is 245 Å². The monoisotopic (exact) mass is 581 g/mol. The molecular formula is C31H51NO9. The Morgan fingerprint density at radius 1 is 1.10 bits per heavy atom. The second-order valence-corrected chi connectivity index (χ2v) is 11.4. The van der Waals surface area contributed by atoms with Gasteiger partial charge in [-0.15, -0.1) is 0 Å². The third-order valence-corrected chi connectivity index (χ3v) is 7.99. The highest BCUT2D eigenvalue weighted by molar-refractivity contribution is 5.91. The molecule has 2 rings (SSSR count). The van der Waals surface area contributed by atoms with E-state index in [1.165, 1.54) is 7.11 Å². The predicted octanol–water partition coefficient (Wildman–Crippen LogP) is 3.59. The van der Waals surface area contributed by atoms with E-state index >= 15 is 0 Å². The lowest BCUT2D eigenvalue weighted by atomic mass is 9.83. The minimum Gasteiger partial charge on any atom is -0.462 e. The van der Waals surface area contributed by atoms with Crippen LogP contribution in [0.5, 0.6) is 0 Å². The maximum atomic E-state index is 13.0. The number of carbonyl (C=O) groups excluding carboxylic acids is 3. The molecule has 0 radical (unpaired) electrons. The largest absolute Gasteiger partial charge is 0.462 e. The van der Waals surface area contributed by atoms with Crippen molar-refractivity contribution in [2.24, 2.45) is 11.8 Å². The SMILES string of the molecule is CCC(=O)O[C@@H]1CC(=O)O[C@H](C)C/C=C/C=C/C(=O)[C@@H](C)C[C@@H](CC)[C@H](O[C@H]2C[C@H](N(C)C)[C@H](O)[C@H](C)O2)[C@H]1OC. The van der Waals surface area contributed by atoms with Gasteiger partial charge in [-0.05, 0) is 46.4 Å². The van der Waals surface area contributed by atoms with Gasteiger partial charge in [-0.3, -0.25) is 14.4 Å². The lowest BCUT2D eigenvalue weighted by Crippen LogP contribution is -2.56. The summed E-state index contributed by atoms with van der Waals surface area (Å²) in [7, 11) is 5.28. The van der Waals surface area contributed by atoms with Gasteiger partial charge in [0.15, 0.2) is 12.1 Å². The number of cyclic esters (lactones) is 1. The first-order valence-electron chi connectivity index (χ1n) is 14.9. The van der Waals surface area contributed by atoms with Crippen molar-refractivity contribution >= 4 is 17.7 Å². The lowest BCUT2D eigenvalue weighted by Gasteiger charge is -2.44. The van der Waals surface area contributed by atoms with Crippen molar-refractivity contribution in [2.75, 3.05) is 21.2 Å². The van der Waals surface area contributed by atoms with E-state index in [4.69, 9.17) is 23.7 Å². The van der Waals surface area contributed by atoms with Gasteiger partial charge in [0.25, 0.3) is 0 Å². The maximum absolute atomic E-state index is 13.0. The first kappa shape index (κ1) is 35.1. The van der Waals surface area contributed by atoms with Crippen molar-refractivity contribution in [2.45, 2.75) is 122 Å². The number of nitrogens with zero attached hydrogens (tertiary/aromatic N) is 1. The molecule has 0 bridgehead atoms. The van der Waals surface area contributed by atoms with Gasteiger partial charge in [-0.1, -0.05) is 45.4 Å². The number of carbonyl (C=O) groups is 3. The van der Waals surface area contributed by atoms with E-state index in [0.29, 0.717) is 25.7 Å². The van der Waals surface area contributed by atoms with Gasteiger partial charge in [0, 0.05) is 38.3 Å². The highest BCUT2D eigenvalue weighted by Gasteiger charge is 2.44.